The fourth-order valence-electron chi connectivity index (χ4n) is 6.22. The second-order valence-corrected chi connectivity index (χ2v) is 9.98. The highest BCUT2D eigenvalue weighted by Crippen LogP contribution is 2.59. The Balaban J connectivity index is 1.81. The first-order chi connectivity index (χ1) is 17.2. The van der Waals surface area contributed by atoms with Crippen LogP contribution in [0, 0.1) is 17.8 Å². The summed E-state index contributed by atoms with van der Waals surface area (Å²) >= 11 is 0. The lowest BCUT2D eigenvalue weighted by atomic mass is 9.70. The van der Waals surface area contributed by atoms with E-state index in [1.165, 1.54) is 4.90 Å². The molecule has 9 nitrogen and oxygen atoms in total. The smallest absolute Gasteiger partial charge is 0.312 e. The van der Waals surface area contributed by atoms with Crippen LogP contribution in [-0.4, -0.2) is 78.4 Å². The lowest BCUT2D eigenvalue weighted by Crippen LogP contribution is -2.59. The second kappa shape index (κ2) is 10.2. The summed E-state index contributed by atoms with van der Waals surface area (Å²) in [5.74, 6) is -2.23. The number of hydrogen-bond donors (Lipinski definition) is 1. The van der Waals surface area contributed by atoms with Crippen LogP contribution in [0.25, 0.3) is 0 Å². The number of aliphatic hydroxyl groups is 1. The first kappa shape index (κ1) is 26.2. The van der Waals surface area contributed by atoms with Gasteiger partial charge in [0.2, 0.25) is 5.91 Å². The molecule has 2 bridgehead atoms. The number of rotatable bonds is 10. The maximum absolute atomic E-state index is 14.4. The van der Waals surface area contributed by atoms with E-state index in [0.29, 0.717) is 24.3 Å². The quantitative estimate of drug-likeness (QED) is 0.388. The van der Waals surface area contributed by atoms with Crippen LogP contribution in [-0.2, 0) is 23.9 Å². The number of esters is 1. The third kappa shape index (κ3) is 3.98. The predicted molar refractivity (Wildman–Crippen MR) is 132 cm³/mol. The maximum Gasteiger partial charge on any atom is 0.312 e. The molecule has 0 aliphatic carbocycles. The summed E-state index contributed by atoms with van der Waals surface area (Å²) in [7, 11) is 1.57. The van der Waals surface area contributed by atoms with Crippen molar-refractivity contribution in [1.29, 1.82) is 0 Å². The normalized spacial score (nSPS) is 29.3. The highest BCUT2D eigenvalue weighted by Gasteiger charge is 2.75. The van der Waals surface area contributed by atoms with E-state index in [1.807, 2.05) is 13.8 Å². The number of carbonyl (C=O) groups excluding carboxylic acids is 3. The van der Waals surface area contributed by atoms with Crippen molar-refractivity contribution in [1.82, 2.24) is 4.90 Å². The Kier molecular flexibility index (Phi) is 7.43. The van der Waals surface area contributed by atoms with Gasteiger partial charge in [0.25, 0.3) is 5.91 Å². The molecule has 0 aromatic heterocycles. The Labute approximate surface area is 212 Å². The molecule has 0 radical (unpaired) electrons. The number of fused-ring (bicyclic) bond motifs is 1. The summed E-state index contributed by atoms with van der Waals surface area (Å²) in [6, 6.07) is 5.46. The van der Waals surface area contributed by atoms with Gasteiger partial charge in [-0.15, -0.1) is 6.58 Å². The van der Waals surface area contributed by atoms with Crippen LogP contribution in [0.3, 0.4) is 0 Å². The standard InChI is InChI=1S/C27H36N2O7/c1-6-14-28(17-8-10-18(34-5)11-9-17)25(32)23-27-13-12-20(36-27)21(26(33)35-7-2)22(27)24(31)29(23)19(15-30)16(3)4/h6,8-11,16,19-23,30H,1,7,12-15H2,2-5H3/t19-,20-,21+,22-,23?,27?/m0/s1. The van der Waals surface area contributed by atoms with E-state index in [2.05, 4.69) is 6.58 Å². The van der Waals surface area contributed by atoms with Crippen molar-refractivity contribution in [3.63, 3.8) is 0 Å². The number of nitrogens with zero attached hydrogens (tertiary/aromatic N) is 2. The molecular formula is C27H36N2O7. The molecule has 1 spiro atoms. The van der Waals surface area contributed by atoms with Crippen LogP contribution in [0.4, 0.5) is 5.69 Å². The van der Waals surface area contributed by atoms with Gasteiger partial charge in [0, 0.05) is 12.2 Å². The predicted octanol–water partition coefficient (Wildman–Crippen LogP) is 2.17. The van der Waals surface area contributed by atoms with Crippen molar-refractivity contribution in [2.75, 3.05) is 31.8 Å². The van der Waals surface area contributed by atoms with Gasteiger partial charge < -0.3 is 29.1 Å². The summed E-state index contributed by atoms with van der Waals surface area (Å²) < 4.78 is 17.0. The van der Waals surface area contributed by atoms with Crippen LogP contribution in [0.15, 0.2) is 36.9 Å². The molecule has 3 aliphatic rings. The first-order valence-electron chi connectivity index (χ1n) is 12.6. The van der Waals surface area contributed by atoms with Gasteiger partial charge >= 0.3 is 5.97 Å². The van der Waals surface area contributed by atoms with E-state index < -0.39 is 41.6 Å². The Morgan fingerprint density at radius 1 is 1.33 bits per heavy atom. The third-order valence-corrected chi connectivity index (χ3v) is 7.81. The minimum atomic E-state index is -1.16. The molecule has 4 rings (SSSR count). The Hall–Kier alpha value is -2.91. The summed E-state index contributed by atoms with van der Waals surface area (Å²) in [6.45, 7) is 9.42. The lowest BCUT2D eigenvalue weighted by Gasteiger charge is -2.40. The van der Waals surface area contributed by atoms with Gasteiger partial charge in [0.1, 0.15) is 17.4 Å². The molecule has 2 amide bonds. The Morgan fingerprint density at radius 3 is 2.58 bits per heavy atom. The Morgan fingerprint density at radius 2 is 2.03 bits per heavy atom. The molecule has 1 aromatic rings. The zero-order valence-corrected chi connectivity index (χ0v) is 21.4. The molecule has 0 saturated carbocycles. The van der Waals surface area contributed by atoms with Crippen LogP contribution in [0.5, 0.6) is 5.75 Å². The van der Waals surface area contributed by atoms with E-state index in [-0.39, 0.29) is 37.5 Å². The van der Waals surface area contributed by atoms with Crippen LogP contribution in [0.2, 0.25) is 0 Å². The molecule has 1 aromatic carbocycles. The van der Waals surface area contributed by atoms with Gasteiger partial charge in [0.15, 0.2) is 0 Å². The van der Waals surface area contributed by atoms with Gasteiger partial charge in [-0.2, -0.15) is 0 Å². The van der Waals surface area contributed by atoms with Crippen LogP contribution >= 0.6 is 0 Å². The minimum Gasteiger partial charge on any atom is -0.497 e. The highest BCUT2D eigenvalue weighted by atomic mass is 16.6. The van der Waals surface area contributed by atoms with E-state index in [4.69, 9.17) is 14.2 Å². The van der Waals surface area contributed by atoms with Crippen molar-refractivity contribution in [2.24, 2.45) is 17.8 Å². The van der Waals surface area contributed by atoms with Gasteiger partial charge in [-0.05, 0) is 49.9 Å². The summed E-state index contributed by atoms with van der Waals surface area (Å²) in [5.41, 5.74) is -0.544. The molecule has 3 heterocycles. The largest absolute Gasteiger partial charge is 0.497 e. The number of hydrogen-bond acceptors (Lipinski definition) is 7. The van der Waals surface area contributed by atoms with Gasteiger partial charge in [-0.25, -0.2) is 0 Å². The fourth-order valence-corrected chi connectivity index (χ4v) is 6.22. The number of carbonyl (C=O) groups is 3. The number of methoxy groups -OCH3 is 1. The molecule has 9 heteroatoms. The fraction of sp³-hybridized carbons (Fsp3) is 0.593. The molecule has 196 valence electrons. The van der Waals surface area contributed by atoms with Crippen molar-refractivity contribution >= 4 is 23.5 Å². The van der Waals surface area contributed by atoms with Crippen molar-refractivity contribution in [3.8, 4) is 5.75 Å². The number of aliphatic hydroxyl groups excluding tert-OH is 1. The van der Waals surface area contributed by atoms with E-state index in [1.54, 1.807) is 49.3 Å². The highest BCUT2D eigenvalue weighted by molar-refractivity contribution is 6.04. The number of amides is 2. The second-order valence-electron chi connectivity index (χ2n) is 9.98. The number of likely N-dealkylation sites (tertiary alicyclic amines) is 1. The molecular weight excluding hydrogens is 464 g/mol. The van der Waals surface area contributed by atoms with E-state index in [9.17, 15) is 19.5 Å². The van der Waals surface area contributed by atoms with Crippen molar-refractivity contribution < 1.29 is 33.7 Å². The zero-order chi connectivity index (χ0) is 26.2. The number of benzene rings is 1. The van der Waals surface area contributed by atoms with Crippen molar-refractivity contribution in [3.05, 3.63) is 36.9 Å². The topological polar surface area (TPSA) is 106 Å². The molecule has 2 unspecified atom stereocenters. The van der Waals surface area contributed by atoms with E-state index in [0.717, 1.165) is 0 Å². The minimum absolute atomic E-state index is 0.128. The average molecular weight is 501 g/mol. The third-order valence-electron chi connectivity index (χ3n) is 7.81. The number of ether oxygens (including phenoxy) is 3. The summed E-state index contributed by atoms with van der Waals surface area (Å²) in [4.78, 5) is 44.4. The number of anilines is 1. The van der Waals surface area contributed by atoms with Gasteiger partial charge in [0.05, 0.1) is 44.3 Å². The molecule has 1 N–H and O–H groups in total. The first-order valence-corrected chi connectivity index (χ1v) is 12.6. The molecule has 6 atom stereocenters. The monoisotopic (exact) mass is 500 g/mol. The summed E-state index contributed by atoms with van der Waals surface area (Å²) in [5, 5.41) is 10.3. The van der Waals surface area contributed by atoms with Crippen LogP contribution < -0.4 is 9.64 Å². The van der Waals surface area contributed by atoms with Gasteiger partial charge in [-0.1, -0.05) is 19.9 Å². The van der Waals surface area contributed by atoms with Crippen LogP contribution in [0.1, 0.15) is 33.6 Å². The maximum atomic E-state index is 14.4. The SMILES string of the molecule is C=CCN(C(=O)C1N([C@@H](CO)C(C)C)C(=O)[C@@H]2[C@H](C(=O)OCC)[C@@H]3CCC12O3)c1ccc(OC)cc1. The molecule has 3 aliphatic heterocycles. The van der Waals surface area contributed by atoms with Gasteiger partial charge in [-0.3, -0.25) is 14.4 Å². The Bertz CT molecular complexity index is 1010. The molecule has 36 heavy (non-hydrogen) atoms. The van der Waals surface area contributed by atoms with E-state index >= 15 is 0 Å². The lowest BCUT2D eigenvalue weighted by molar-refractivity contribution is -0.155. The molecule has 3 fully saturated rings. The zero-order valence-electron chi connectivity index (χ0n) is 21.4. The average Bonchev–Trinajstić information content (AvgIpc) is 3.50. The van der Waals surface area contributed by atoms with Crippen molar-refractivity contribution in [2.45, 2.75) is 57.4 Å². The summed E-state index contributed by atoms with van der Waals surface area (Å²) in [6.07, 6.45) is 2.17. The molecule has 3 saturated heterocycles.